The molecule has 0 aliphatic rings. The van der Waals surface area contributed by atoms with Crippen LogP contribution in [0.5, 0.6) is 5.75 Å². The number of benzene rings is 1. The standard InChI is InChI=1S/C16H23N3O/c1-11(2)9-19-10-13(4)17-16(19)18-14-8-12(3)6-7-15(14)20-5/h6-8,10-11H,9H2,1-5H3,(H,17,18). The van der Waals surface area contributed by atoms with E-state index in [9.17, 15) is 0 Å². The van der Waals surface area contributed by atoms with E-state index < -0.39 is 0 Å². The van der Waals surface area contributed by atoms with E-state index in [0.717, 1.165) is 29.6 Å². The summed E-state index contributed by atoms with van der Waals surface area (Å²) < 4.78 is 7.56. The summed E-state index contributed by atoms with van der Waals surface area (Å²) in [6.45, 7) is 9.42. The van der Waals surface area contributed by atoms with Crippen LogP contribution < -0.4 is 10.1 Å². The lowest BCUT2D eigenvalue weighted by molar-refractivity contribution is 0.416. The van der Waals surface area contributed by atoms with Gasteiger partial charge < -0.3 is 14.6 Å². The predicted molar refractivity (Wildman–Crippen MR) is 82.8 cm³/mol. The van der Waals surface area contributed by atoms with Gasteiger partial charge >= 0.3 is 0 Å². The van der Waals surface area contributed by atoms with Gasteiger partial charge in [0.05, 0.1) is 18.5 Å². The molecule has 0 saturated heterocycles. The first kappa shape index (κ1) is 14.4. The van der Waals surface area contributed by atoms with E-state index in [1.54, 1.807) is 7.11 Å². The van der Waals surface area contributed by atoms with Gasteiger partial charge in [-0.3, -0.25) is 0 Å². The van der Waals surface area contributed by atoms with Crippen molar-refractivity contribution in [3.63, 3.8) is 0 Å². The average Bonchev–Trinajstić information content (AvgIpc) is 2.69. The molecule has 4 heteroatoms. The SMILES string of the molecule is COc1ccc(C)cc1Nc1nc(C)cn1CC(C)C. The summed E-state index contributed by atoms with van der Waals surface area (Å²) in [6, 6.07) is 6.08. The fraction of sp³-hybridized carbons (Fsp3) is 0.438. The number of aromatic nitrogens is 2. The van der Waals surface area contributed by atoms with Crippen molar-refractivity contribution in [3.05, 3.63) is 35.7 Å². The van der Waals surface area contributed by atoms with Crippen molar-refractivity contribution < 1.29 is 4.74 Å². The largest absolute Gasteiger partial charge is 0.495 e. The topological polar surface area (TPSA) is 39.1 Å². The summed E-state index contributed by atoms with van der Waals surface area (Å²) in [5, 5.41) is 3.39. The summed E-state index contributed by atoms with van der Waals surface area (Å²) in [5.41, 5.74) is 3.15. The Morgan fingerprint density at radius 3 is 2.70 bits per heavy atom. The van der Waals surface area contributed by atoms with Crippen LogP contribution in [0.2, 0.25) is 0 Å². The van der Waals surface area contributed by atoms with Gasteiger partial charge in [-0.2, -0.15) is 0 Å². The number of nitrogens with zero attached hydrogens (tertiary/aromatic N) is 2. The maximum atomic E-state index is 5.40. The minimum Gasteiger partial charge on any atom is -0.495 e. The van der Waals surface area contributed by atoms with Crippen LogP contribution >= 0.6 is 0 Å². The molecular weight excluding hydrogens is 250 g/mol. The highest BCUT2D eigenvalue weighted by Gasteiger charge is 2.10. The Hall–Kier alpha value is -1.97. The lowest BCUT2D eigenvalue weighted by Crippen LogP contribution is -2.08. The number of nitrogens with one attached hydrogen (secondary N) is 1. The van der Waals surface area contributed by atoms with E-state index in [-0.39, 0.29) is 0 Å². The third-order valence-electron chi connectivity index (χ3n) is 3.06. The molecule has 20 heavy (non-hydrogen) atoms. The zero-order chi connectivity index (χ0) is 14.7. The average molecular weight is 273 g/mol. The van der Waals surface area contributed by atoms with Crippen LogP contribution in [-0.2, 0) is 6.54 Å². The molecule has 0 atom stereocenters. The Morgan fingerprint density at radius 2 is 2.05 bits per heavy atom. The Balaban J connectivity index is 2.32. The fourth-order valence-corrected chi connectivity index (χ4v) is 2.22. The second kappa shape index (κ2) is 5.99. The molecule has 4 nitrogen and oxygen atoms in total. The van der Waals surface area contributed by atoms with E-state index >= 15 is 0 Å². The van der Waals surface area contributed by atoms with Crippen LogP contribution in [0.4, 0.5) is 11.6 Å². The number of rotatable bonds is 5. The van der Waals surface area contributed by atoms with Gasteiger partial charge in [-0.25, -0.2) is 4.98 Å². The predicted octanol–water partition coefficient (Wildman–Crippen LogP) is 3.91. The van der Waals surface area contributed by atoms with Crippen molar-refractivity contribution in [1.29, 1.82) is 0 Å². The lowest BCUT2D eigenvalue weighted by atomic mass is 10.2. The number of methoxy groups -OCH3 is 1. The van der Waals surface area contributed by atoms with Crippen molar-refractivity contribution in [3.8, 4) is 5.75 Å². The van der Waals surface area contributed by atoms with Crippen LogP contribution in [0.25, 0.3) is 0 Å². The first-order valence-electron chi connectivity index (χ1n) is 6.95. The van der Waals surface area contributed by atoms with Gasteiger partial charge in [0, 0.05) is 12.7 Å². The van der Waals surface area contributed by atoms with Gasteiger partial charge in [-0.15, -0.1) is 0 Å². The molecule has 1 heterocycles. The van der Waals surface area contributed by atoms with Gasteiger partial charge in [-0.1, -0.05) is 19.9 Å². The van der Waals surface area contributed by atoms with Crippen LogP contribution in [0.1, 0.15) is 25.1 Å². The Morgan fingerprint density at radius 1 is 1.30 bits per heavy atom. The van der Waals surface area contributed by atoms with Crippen LogP contribution in [-0.4, -0.2) is 16.7 Å². The van der Waals surface area contributed by atoms with E-state index in [1.165, 1.54) is 5.56 Å². The number of ether oxygens (including phenoxy) is 1. The van der Waals surface area contributed by atoms with Gasteiger partial charge in [0.1, 0.15) is 5.75 Å². The Labute approximate surface area is 120 Å². The molecule has 0 saturated carbocycles. The quantitative estimate of drug-likeness (QED) is 0.897. The smallest absolute Gasteiger partial charge is 0.207 e. The van der Waals surface area contributed by atoms with Gasteiger partial charge in [-0.05, 0) is 37.5 Å². The molecule has 2 rings (SSSR count). The minimum absolute atomic E-state index is 0.573. The zero-order valence-electron chi connectivity index (χ0n) is 12.9. The third-order valence-corrected chi connectivity index (χ3v) is 3.06. The number of imidazole rings is 1. The lowest BCUT2D eigenvalue weighted by Gasteiger charge is -2.14. The molecule has 0 unspecified atom stereocenters. The summed E-state index contributed by atoms with van der Waals surface area (Å²) in [4.78, 5) is 4.56. The minimum atomic E-state index is 0.573. The molecule has 1 N–H and O–H groups in total. The monoisotopic (exact) mass is 273 g/mol. The maximum Gasteiger partial charge on any atom is 0.207 e. The highest BCUT2D eigenvalue weighted by atomic mass is 16.5. The van der Waals surface area contributed by atoms with E-state index in [2.05, 4.69) is 47.9 Å². The van der Waals surface area contributed by atoms with Gasteiger partial charge in [0.15, 0.2) is 0 Å². The number of anilines is 2. The van der Waals surface area contributed by atoms with E-state index in [4.69, 9.17) is 4.74 Å². The van der Waals surface area contributed by atoms with Gasteiger partial charge in [0.25, 0.3) is 0 Å². The highest BCUT2D eigenvalue weighted by Crippen LogP contribution is 2.28. The fourth-order valence-electron chi connectivity index (χ4n) is 2.22. The van der Waals surface area contributed by atoms with Crippen LogP contribution in [0, 0.1) is 19.8 Å². The molecule has 2 aromatic rings. The van der Waals surface area contributed by atoms with Crippen molar-refractivity contribution in [2.45, 2.75) is 34.2 Å². The summed E-state index contributed by atoms with van der Waals surface area (Å²) in [7, 11) is 1.68. The Kier molecular flexibility index (Phi) is 4.32. The number of hydrogen-bond donors (Lipinski definition) is 1. The molecule has 108 valence electrons. The summed E-state index contributed by atoms with van der Waals surface area (Å²) in [6.07, 6.45) is 2.07. The van der Waals surface area contributed by atoms with Crippen molar-refractivity contribution in [2.24, 2.45) is 5.92 Å². The molecule has 0 aliphatic carbocycles. The normalized spacial score (nSPS) is 10.9. The molecule has 0 aliphatic heterocycles. The van der Waals surface area contributed by atoms with Crippen molar-refractivity contribution in [2.75, 3.05) is 12.4 Å². The summed E-state index contributed by atoms with van der Waals surface area (Å²) in [5.74, 6) is 2.26. The first-order valence-corrected chi connectivity index (χ1v) is 6.95. The van der Waals surface area contributed by atoms with Crippen molar-refractivity contribution in [1.82, 2.24) is 9.55 Å². The van der Waals surface area contributed by atoms with Crippen molar-refractivity contribution >= 4 is 11.6 Å². The molecule has 0 bridgehead atoms. The molecule has 0 amide bonds. The second-order valence-electron chi connectivity index (χ2n) is 5.58. The third kappa shape index (κ3) is 3.32. The second-order valence-corrected chi connectivity index (χ2v) is 5.58. The van der Waals surface area contributed by atoms with Gasteiger partial charge in [0.2, 0.25) is 5.95 Å². The molecule has 0 radical (unpaired) electrons. The molecule has 1 aromatic heterocycles. The molecule has 0 spiro atoms. The Bertz CT molecular complexity index is 587. The van der Waals surface area contributed by atoms with Crippen LogP contribution in [0.15, 0.2) is 24.4 Å². The zero-order valence-corrected chi connectivity index (χ0v) is 12.9. The highest BCUT2D eigenvalue weighted by molar-refractivity contribution is 5.64. The molecular formula is C16H23N3O. The maximum absolute atomic E-state index is 5.40. The first-order chi connectivity index (χ1) is 9.49. The number of hydrogen-bond acceptors (Lipinski definition) is 3. The molecule has 1 aromatic carbocycles. The van der Waals surface area contributed by atoms with E-state index in [0.29, 0.717) is 5.92 Å². The van der Waals surface area contributed by atoms with Crippen LogP contribution in [0.3, 0.4) is 0 Å². The van der Waals surface area contributed by atoms with E-state index in [1.807, 2.05) is 19.1 Å². The molecule has 0 fully saturated rings. The summed E-state index contributed by atoms with van der Waals surface area (Å²) >= 11 is 0. The number of aryl methyl sites for hydroxylation is 2.